The van der Waals surface area contributed by atoms with Crippen molar-refractivity contribution in [1.82, 2.24) is 5.01 Å². The number of hydrogen-bond acceptors (Lipinski definition) is 4. The van der Waals surface area contributed by atoms with Crippen molar-refractivity contribution in [2.24, 2.45) is 40.6 Å². The minimum atomic E-state index is -0.255. The first-order chi connectivity index (χ1) is 13.1. The van der Waals surface area contributed by atoms with Gasteiger partial charge in [-0.05, 0) is 46.9 Å². The molecule has 1 N–H and O–H groups in total. The van der Waals surface area contributed by atoms with Gasteiger partial charge in [0.05, 0.1) is 18.1 Å². The summed E-state index contributed by atoms with van der Waals surface area (Å²) in [5, 5.41) is 17.4. The van der Waals surface area contributed by atoms with E-state index in [2.05, 4.69) is 17.3 Å². The summed E-state index contributed by atoms with van der Waals surface area (Å²) >= 11 is 0. The number of phenolic OH excluding ortho intramolecular Hbond substituents is 1. The molecule has 1 aliphatic heterocycles. The third kappa shape index (κ3) is 1.91. The van der Waals surface area contributed by atoms with E-state index in [4.69, 9.17) is 0 Å². The Bertz CT molecular complexity index is 1040. The Kier molecular flexibility index (Phi) is 2.84. The largest absolute Gasteiger partial charge is 0.507 e. The molecule has 27 heavy (non-hydrogen) atoms. The Morgan fingerprint density at radius 3 is 2.33 bits per heavy atom. The molecular formula is C22H18N2O3. The number of imide groups is 1. The molecule has 5 heteroatoms. The molecule has 2 aromatic carbocycles. The van der Waals surface area contributed by atoms with E-state index in [1.165, 1.54) is 6.21 Å². The molecule has 5 nitrogen and oxygen atoms in total. The fourth-order valence-corrected chi connectivity index (χ4v) is 5.59. The number of fused-ring (bicyclic) bond motifs is 1. The summed E-state index contributed by atoms with van der Waals surface area (Å²) in [5.74, 6) is 0.714. The second-order valence-electron chi connectivity index (χ2n) is 8.11. The zero-order chi connectivity index (χ0) is 18.3. The third-order valence-electron chi connectivity index (χ3n) is 6.89. The van der Waals surface area contributed by atoms with Crippen LogP contribution in [-0.4, -0.2) is 28.1 Å². The smallest absolute Gasteiger partial charge is 0.254 e. The van der Waals surface area contributed by atoms with Gasteiger partial charge in [0.25, 0.3) is 11.8 Å². The average molecular weight is 358 g/mol. The van der Waals surface area contributed by atoms with E-state index in [9.17, 15) is 14.7 Å². The summed E-state index contributed by atoms with van der Waals surface area (Å²) in [4.78, 5) is 25.9. The SMILES string of the molecule is O=C1[C@@H]2[C@@H]3C=C[C@H]([C@H]4C[C@H]34)[C@@H]2C(=O)N1/N=C/c1c(O)ccc2ccccc12. The third-order valence-corrected chi connectivity index (χ3v) is 6.89. The van der Waals surface area contributed by atoms with Crippen molar-refractivity contribution in [1.29, 1.82) is 0 Å². The van der Waals surface area contributed by atoms with Crippen LogP contribution in [0.3, 0.4) is 0 Å². The molecule has 2 saturated carbocycles. The molecular weight excluding hydrogens is 340 g/mol. The summed E-state index contributed by atoms with van der Waals surface area (Å²) in [6, 6.07) is 11.1. The molecule has 7 rings (SSSR count). The van der Waals surface area contributed by atoms with Crippen molar-refractivity contribution < 1.29 is 14.7 Å². The van der Waals surface area contributed by atoms with Crippen LogP contribution in [0, 0.1) is 35.5 Å². The number of carbonyl (C=O) groups excluding carboxylic acids is 2. The van der Waals surface area contributed by atoms with Gasteiger partial charge in [0.1, 0.15) is 5.75 Å². The minimum absolute atomic E-state index is 0.0805. The number of carbonyl (C=O) groups is 2. The molecule has 1 saturated heterocycles. The van der Waals surface area contributed by atoms with Crippen molar-refractivity contribution in [2.45, 2.75) is 6.42 Å². The van der Waals surface area contributed by atoms with Gasteiger partial charge in [-0.2, -0.15) is 10.1 Å². The van der Waals surface area contributed by atoms with Gasteiger partial charge < -0.3 is 5.11 Å². The van der Waals surface area contributed by atoms with E-state index in [1.54, 1.807) is 6.07 Å². The van der Waals surface area contributed by atoms with Crippen LogP contribution < -0.4 is 0 Å². The van der Waals surface area contributed by atoms with Gasteiger partial charge in [0, 0.05) is 5.56 Å². The minimum Gasteiger partial charge on any atom is -0.507 e. The number of aromatic hydroxyl groups is 1. The van der Waals surface area contributed by atoms with Crippen molar-refractivity contribution >= 4 is 28.8 Å². The van der Waals surface area contributed by atoms with E-state index in [1.807, 2.05) is 30.3 Å². The predicted molar refractivity (Wildman–Crippen MR) is 99.8 cm³/mol. The quantitative estimate of drug-likeness (QED) is 0.510. The maximum absolute atomic E-state index is 13.0. The number of amides is 2. The molecule has 0 unspecified atom stereocenters. The van der Waals surface area contributed by atoms with Crippen molar-refractivity contribution in [3.63, 3.8) is 0 Å². The first-order valence-corrected chi connectivity index (χ1v) is 9.46. The van der Waals surface area contributed by atoms with Gasteiger partial charge in [-0.15, -0.1) is 0 Å². The predicted octanol–water partition coefficient (Wildman–Crippen LogP) is 2.93. The molecule has 5 aliphatic rings. The maximum atomic E-state index is 13.0. The molecule has 134 valence electrons. The van der Waals surface area contributed by atoms with Crippen LogP contribution >= 0.6 is 0 Å². The molecule has 6 atom stereocenters. The number of nitrogens with zero attached hydrogens (tertiary/aromatic N) is 2. The topological polar surface area (TPSA) is 70.0 Å². The molecule has 0 spiro atoms. The number of hydrogen-bond donors (Lipinski definition) is 1. The van der Waals surface area contributed by atoms with Crippen LogP contribution in [0.5, 0.6) is 5.75 Å². The van der Waals surface area contributed by atoms with Crippen LogP contribution in [0.1, 0.15) is 12.0 Å². The van der Waals surface area contributed by atoms with Gasteiger partial charge >= 0.3 is 0 Å². The standard InChI is InChI=1S/C22H18N2O3/c25-18-8-5-11-3-1-2-4-12(11)17(18)10-23-24-21(26)19-13-6-7-14(16-9-15(13)16)20(19)22(24)27/h1-8,10,13-16,19-20,25H,9H2/b23-10+/t13-,14-,15-,16-,19-,20+/m1/s1. The monoisotopic (exact) mass is 358 g/mol. The first-order valence-electron chi connectivity index (χ1n) is 9.46. The molecule has 2 bridgehead atoms. The molecule has 3 fully saturated rings. The van der Waals surface area contributed by atoms with E-state index in [-0.39, 0.29) is 41.2 Å². The van der Waals surface area contributed by atoms with Gasteiger partial charge in [0.2, 0.25) is 0 Å². The summed E-state index contributed by atoms with van der Waals surface area (Å²) in [7, 11) is 0. The summed E-state index contributed by atoms with van der Waals surface area (Å²) in [6.45, 7) is 0. The second kappa shape index (κ2) is 5.06. The number of hydrazone groups is 1. The van der Waals surface area contributed by atoms with Crippen molar-refractivity contribution in [3.05, 3.63) is 54.1 Å². The van der Waals surface area contributed by atoms with Crippen LogP contribution in [0.2, 0.25) is 0 Å². The van der Waals surface area contributed by atoms with Gasteiger partial charge in [-0.25, -0.2) is 0 Å². The number of rotatable bonds is 2. The van der Waals surface area contributed by atoms with Crippen molar-refractivity contribution in [3.8, 4) is 5.75 Å². The lowest BCUT2D eigenvalue weighted by Crippen LogP contribution is -2.40. The van der Waals surface area contributed by atoms with Crippen LogP contribution in [0.15, 0.2) is 53.7 Å². The lowest BCUT2D eigenvalue weighted by atomic mass is 9.63. The highest BCUT2D eigenvalue weighted by atomic mass is 16.3. The highest BCUT2D eigenvalue weighted by molar-refractivity contribution is 6.08. The number of benzene rings is 2. The summed E-state index contributed by atoms with van der Waals surface area (Å²) in [5.41, 5.74) is 0.521. The van der Waals surface area contributed by atoms with Gasteiger partial charge in [-0.3, -0.25) is 9.59 Å². The Morgan fingerprint density at radius 1 is 0.963 bits per heavy atom. The normalized spacial score (nSPS) is 35.9. The lowest BCUT2D eigenvalue weighted by Gasteiger charge is -2.37. The summed E-state index contributed by atoms with van der Waals surface area (Å²) in [6.07, 6.45) is 6.88. The Balaban J connectivity index is 1.38. The Morgan fingerprint density at radius 2 is 1.63 bits per heavy atom. The van der Waals surface area contributed by atoms with Crippen molar-refractivity contribution in [2.75, 3.05) is 0 Å². The number of phenols is 1. The molecule has 4 aliphatic carbocycles. The Labute approximate surface area is 156 Å². The molecule has 1 heterocycles. The van der Waals surface area contributed by atoms with E-state index in [0.717, 1.165) is 22.2 Å². The molecule has 2 aromatic rings. The highest BCUT2D eigenvalue weighted by Gasteiger charge is 2.67. The zero-order valence-corrected chi connectivity index (χ0v) is 14.5. The molecule has 0 radical (unpaired) electrons. The fraction of sp³-hybridized carbons (Fsp3) is 0.318. The molecule has 0 aromatic heterocycles. The zero-order valence-electron chi connectivity index (χ0n) is 14.5. The second-order valence-corrected chi connectivity index (χ2v) is 8.11. The molecule has 2 amide bonds. The van der Waals surface area contributed by atoms with Crippen LogP contribution in [0.25, 0.3) is 10.8 Å². The fourth-order valence-electron chi connectivity index (χ4n) is 5.59. The van der Waals surface area contributed by atoms with Gasteiger partial charge in [-0.1, -0.05) is 42.5 Å². The number of allylic oxidation sites excluding steroid dienone is 2. The van der Waals surface area contributed by atoms with Crippen LogP contribution in [-0.2, 0) is 9.59 Å². The van der Waals surface area contributed by atoms with E-state index >= 15 is 0 Å². The maximum Gasteiger partial charge on any atom is 0.254 e. The van der Waals surface area contributed by atoms with Gasteiger partial charge in [0.15, 0.2) is 0 Å². The Hall–Kier alpha value is -2.95. The average Bonchev–Trinajstić information content (AvgIpc) is 3.47. The lowest BCUT2D eigenvalue weighted by molar-refractivity contribution is -0.140. The first kappa shape index (κ1) is 15.1. The van der Waals surface area contributed by atoms with E-state index in [0.29, 0.717) is 17.4 Å². The highest BCUT2D eigenvalue weighted by Crippen LogP contribution is 2.65. The van der Waals surface area contributed by atoms with E-state index < -0.39 is 0 Å². The summed E-state index contributed by atoms with van der Waals surface area (Å²) < 4.78 is 0. The van der Waals surface area contributed by atoms with Crippen LogP contribution in [0.4, 0.5) is 0 Å².